The van der Waals surface area contributed by atoms with Crippen LogP contribution in [0.15, 0.2) is 0 Å². The van der Waals surface area contributed by atoms with Crippen LogP contribution in [0.2, 0.25) is 0 Å². The molecule has 1 fully saturated rings. The van der Waals surface area contributed by atoms with Crippen LogP contribution in [0.4, 0.5) is 0 Å². The molecular weight excluding hydrogens is 278 g/mol. The SMILES string of the molecule is CC(C)(C)CCCS(=O)(=O)NC1CCC(C(=O)O)CC1. The normalized spacial score (nSPS) is 24.6. The molecule has 0 radical (unpaired) electrons. The molecule has 0 heterocycles. The number of carboxylic acid groups (broad SMARTS) is 1. The summed E-state index contributed by atoms with van der Waals surface area (Å²) >= 11 is 0. The van der Waals surface area contributed by atoms with Crippen LogP contribution < -0.4 is 4.72 Å². The van der Waals surface area contributed by atoms with Gasteiger partial charge in [0.2, 0.25) is 10.0 Å². The lowest BCUT2D eigenvalue weighted by Crippen LogP contribution is -2.39. The first kappa shape index (κ1) is 17.4. The van der Waals surface area contributed by atoms with Gasteiger partial charge in [0.15, 0.2) is 0 Å². The molecule has 0 bridgehead atoms. The largest absolute Gasteiger partial charge is 0.481 e. The number of hydrogen-bond donors (Lipinski definition) is 2. The van der Waals surface area contributed by atoms with E-state index in [4.69, 9.17) is 5.11 Å². The van der Waals surface area contributed by atoms with E-state index < -0.39 is 16.0 Å². The Morgan fingerprint density at radius 2 is 1.75 bits per heavy atom. The molecule has 0 atom stereocenters. The Labute approximate surface area is 122 Å². The van der Waals surface area contributed by atoms with E-state index in [-0.39, 0.29) is 23.1 Å². The number of rotatable bonds is 6. The molecule has 6 heteroatoms. The molecule has 20 heavy (non-hydrogen) atoms. The molecule has 2 N–H and O–H groups in total. The van der Waals surface area contributed by atoms with Crippen LogP contribution >= 0.6 is 0 Å². The fraction of sp³-hybridized carbons (Fsp3) is 0.929. The zero-order chi connectivity index (χ0) is 15.4. The molecule has 0 spiro atoms. The van der Waals surface area contributed by atoms with Crippen molar-refractivity contribution >= 4 is 16.0 Å². The molecule has 1 aliphatic rings. The molecule has 0 unspecified atom stereocenters. The lowest BCUT2D eigenvalue weighted by atomic mass is 9.87. The molecular formula is C14H27NO4S. The Hall–Kier alpha value is -0.620. The maximum absolute atomic E-state index is 12.0. The van der Waals surface area contributed by atoms with Gasteiger partial charge < -0.3 is 5.11 Å². The number of carbonyl (C=O) groups is 1. The first-order valence-electron chi connectivity index (χ1n) is 7.32. The van der Waals surface area contributed by atoms with Crippen LogP contribution in [0.5, 0.6) is 0 Å². The monoisotopic (exact) mass is 305 g/mol. The Bertz CT molecular complexity index is 417. The maximum Gasteiger partial charge on any atom is 0.306 e. The van der Waals surface area contributed by atoms with Crippen molar-refractivity contribution in [3.63, 3.8) is 0 Å². The predicted molar refractivity (Wildman–Crippen MR) is 79.0 cm³/mol. The highest BCUT2D eigenvalue weighted by Gasteiger charge is 2.28. The third kappa shape index (κ3) is 6.70. The zero-order valence-corrected chi connectivity index (χ0v) is 13.5. The third-order valence-electron chi connectivity index (χ3n) is 3.76. The molecule has 5 nitrogen and oxygen atoms in total. The van der Waals surface area contributed by atoms with Crippen molar-refractivity contribution in [1.82, 2.24) is 4.72 Å². The average molecular weight is 305 g/mol. The summed E-state index contributed by atoms with van der Waals surface area (Å²) in [5, 5.41) is 8.91. The van der Waals surface area contributed by atoms with Gasteiger partial charge in [0.05, 0.1) is 11.7 Å². The Morgan fingerprint density at radius 1 is 1.20 bits per heavy atom. The standard InChI is InChI=1S/C14H27NO4S/c1-14(2,3)9-4-10-20(18,19)15-12-7-5-11(6-8-12)13(16)17/h11-12,15H,4-10H2,1-3H3,(H,16,17). The molecule has 118 valence electrons. The Kier molecular flexibility index (Phi) is 6.01. The summed E-state index contributed by atoms with van der Waals surface area (Å²) in [6.45, 7) is 6.29. The van der Waals surface area contributed by atoms with Gasteiger partial charge in [-0.15, -0.1) is 0 Å². The topological polar surface area (TPSA) is 83.5 Å². The third-order valence-corrected chi connectivity index (χ3v) is 5.28. The first-order chi connectivity index (χ1) is 9.09. The highest BCUT2D eigenvalue weighted by atomic mass is 32.2. The van der Waals surface area contributed by atoms with Gasteiger partial charge in [0, 0.05) is 6.04 Å². The summed E-state index contributed by atoms with van der Waals surface area (Å²) in [6.07, 6.45) is 3.89. The second-order valence-corrected chi connectivity index (χ2v) is 8.86. The molecule has 1 aliphatic carbocycles. The van der Waals surface area contributed by atoms with Gasteiger partial charge in [-0.1, -0.05) is 20.8 Å². The molecule has 0 aromatic heterocycles. The fourth-order valence-corrected chi connectivity index (χ4v) is 3.95. The van der Waals surface area contributed by atoms with E-state index >= 15 is 0 Å². The van der Waals surface area contributed by atoms with Crippen LogP contribution in [-0.2, 0) is 14.8 Å². The van der Waals surface area contributed by atoms with Crippen molar-refractivity contribution < 1.29 is 18.3 Å². The Balaban J connectivity index is 2.35. The number of nitrogens with one attached hydrogen (secondary N) is 1. The molecule has 0 amide bonds. The summed E-state index contributed by atoms with van der Waals surface area (Å²) in [6, 6.07) is -0.0924. The molecule has 0 saturated heterocycles. The maximum atomic E-state index is 12.0. The van der Waals surface area contributed by atoms with E-state index in [1.807, 2.05) is 0 Å². The number of sulfonamides is 1. The van der Waals surface area contributed by atoms with E-state index in [9.17, 15) is 13.2 Å². The second-order valence-electron chi connectivity index (χ2n) is 6.99. The van der Waals surface area contributed by atoms with Crippen molar-refractivity contribution in [2.45, 2.75) is 65.3 Å². The van der Waals surface area contributed by atoms with Crippen molar-refractivity contribution in [2.75, 3.05) is 5.75 Å². The number of carboxylic acids is 1. The van der Waals surface area contributed by atoms with E-state index in [0.29, 0.717) is 32.1 Å². The predicted octanol–water partition coefficient (Wildman–Crippen LogP) is 2.38. The van der Waals surface area contributed by atoms with E-state index in [1.165, 1.54) is 0 Å². The van der Waals surface area contributed by atoms with Crippen LogP contribution in [0, 0.1) is 11.3 Å². The quantitative estimate of drug-likeness (QED) is 0.789. The lowest BCUT2D eigenvalue weighted by molar-refractivity contribution is -0.142. The van der Waals surface area contributed by atoms with Crippen molar-refractivity contribution in [2.24, 2.45) is 11.3 Å². The molecule has 1 saturated carbocycles. The van der Waals surface area contributed by atoms with Crippen molar-refractivity contribution in [3.05, 3.63) is 0 Å². The summed E-state index contributed by atoms with van der Waals surface area (Å²) in [5.74, 6) is -0.920. The minimum atomic E-state index is -3.24. The average Bonchev–Trinajstić information content (AvgIpc) is 2.26. The first-order valence-corrected chi connectivity index (χ1v) is 8.97. The zero-order valence-electron chi connectivity index (χ0n) is 12.7. The van der Waals surface area contributed by atoms with Gasteiger partial charge in [0.25, 0.3) is 0 Å². The summed E-state index contributed by atoms with van der Waals surface area (Å²) in [7, 11) is -3.24. The molecule has 0 aliphatic heterocycles. The highest BCUT2D eigenvalue weighted by Crippen LogP contribution is 2.25. The molecule has 1 rings (SSSR count). The van der Waals surface area contributed by atoms with E-state index in [1.54, 1.807) is 0 Å². The summed E-state index contributed by atoms with van der Waals surface area (Å²) in [4.78, 5) is 10.8. The summed E-state index contributed by atoms with van der Waals surface area (Å²) < 4.78 is 26.7. The van der Waals surface area contributed by atoms with Gasteiger partial charge >= 0.3 is 5.97 Å². The molecule has 0 aromatic rings. The summed E-state index contributed by atoms with van der Waals surface area (Å²) in [5.41, 5.74) is 0.148. The fourth-order valence-electron chi connectivity index (χ4n) is 2.56. The van der Waals surface area contributed by atoms with Crippen molar-refractivity contribution in [3.8, 4) is 0 Å². The number of aliphatic carboxylic acids is 1. The van der Waals surface area contributed by atoms with Gasteiger partial charge in [-0.05, 0) is 43.9 Å². The van der Waals surface area contributed by atoms with Gasteiger partial charge in [-0.2, -0.15) is 0 Å². The van der Waals surface area contributed by atoms with Crippen LogP contribution in [0.1, 0.15) is 59.3 Å². The van der Waals surface area contributed by atoms with E-state index in [2.05, 4.69) is 25.5 Å². The van der Waals surface area contributed by atoms with Crippen LogP contribution in [0.25, 0.3) is 0 Å². The smallest absolute Gasteiger partial charge is 0.306 e. The van der Waals surface area contributed by atoms with Gasteiger partial charge in [0.1, 0.15) is 0 Å². The lowest BCUT2D eigenvalue weighted by Gasteiger charge is -2.26. The van der Waals surface area contributed by atoms with Gasteiger partial charge in [-0.25, -0.2) is 13.1 Å². The minimum absolute atomic E-state index is 0.0924. The van der Waals surface area contributed by atoms with E-state index in [0.717, 1.165) is 6.42 Å². The van der Waals surface area contributed by atoms with Crippen LogP contribution in [-0.4, -0.2) is 31.3 Å². The second kappa shape index (κ2) is 6.89. The van der Waals surface area contributed by atoms with Crippen LogP contribution in [0.3, 0.4) is 0 Å². The number of hydrogen-bond acceptors (Lipinski definition) is 3. The molecule has 0 aromatic carbocycles. The van der Waals surface area contributed by atoms with Crippen molar-refractivity contribution in [1.29, 1.82) is 0 Å². The Morgan fingerprint density at radius 3 is 2.20 bits per heavy atom. The highest BCUT2D eigenvalue weighted by molar-refractivity contribution is 7.89. The van der Waals surface area contributed by atoms with Gasteiger partial charge in [-0.3, -0.25) is 4.79 Å². The minimum Gasteiger partial charge on any atom is -0.481 e.